The van der Waals surface area contributed by atoms with Crippen molar-refractivity contribution in [3.8, 4) is 0 Å². The van der Waals surface area contributed by atoms with Gasteiger partial charge in [0.15, 0.2) is 5.78 Å². The molecule has 1 heterocycles. The molecule has 0 aliphatic carbocycles. The van der Waals surface area contributed by atoms with Crippen LogP contribution in [0.15, 0.2) is 30.3 Å². The molecule has 1 aromatic carbocycles. The molecule has 0 saturated carbocycles. The van der Waals surface area contributed by atoms with Crippen LogP contribution in [0.5, 0.6) is 0 Å². The van der Waals surface area contributed by atoms with Crippen molar-refractivity contribution in [2.45, 2.75) is 20.0 Å². The van der Waals surface area contributed by atoms with Gasteiger partial charge in [-0.15, -0.1) is 0 Å². The van der Waals surface area contributed by atoms with E-state index in [-0.39, 0.29) is 5.56 Å². The van der Waals surface area contributed by atoms with E-state index in [1.54, 1.807) is 19.1 Å². The minimum atomic E-state index is -4.59. The fourth-order valence-corrected chi connectivity index (χ4v) is 2.21. The van der Waals surface area contributed by atoms with E-state index < -0.39 is 22.8 Å². The second kappa shape index (κ2) is 5.48. The standard InChI is InChI=1S/C15H11ClF3NO/c1-8-3-4-10(9(2)7-8)13(21)11-5-6-12(15(17,18)19)20-14(11)16/h3-7H,1-2H3. The maximum absolute atomic E-state index is 12.5. The van der Waals surface area contributed by atoms with Gasteiger partial charge in [0.1, 0.15) is 10.8 Å². The van der Waals surface area contributed by atoms with Crippen LogP contribution in [0, 0.1) is 13.8 Å². The zero-order valence-electron chi connectivity index (χ0n) is 11.3. The first-order valence-electron chi connectivity index (χ1n) is 6.06. The molecule has 2 nitrogen and oxygen atoms in total. The summed E-state index contributed by atoms with van der Waals surface area (Å²) in [5.41, 5.74) is 0.946. The molecule has 0 atom stereocenters. The molecule has 0 fully saturated rings. The smallest absolute Gasteiger partial charge is 0.288 e. The predicted octanol–water partition coefficient (Wildman–Crippen LogP) is 4.60. The number of hydrogen-bond donors (Lipinski definition) is 0. The Morgan fingerprint density at radius 2 is 1.71 bits per heavy atom. The van der Waals surface area contributed by atoms with E-state index in [4.69, 9.17) is 11.6 Å². The highest BCUT2D eigenvalue weighted by molar-refractivity contribution is 6.33. The number of aryl methyl sites for hydroxylation is 2. The molecule has 21 heavy (non-hydrogen) atoms. The summed E-state index contributed by atoms with van der Waals surface area (Å²) in [6.45, 7) is 3.64. The largest absolute Gasteiger partial charge is 0.433 e. The SMILES string of the molecule is Cc1ccc(C(=O)c2ccc(C(F)(F)F)nc2Cl)c(C)c1. The number of hydrogen-bond acceptors (Lipinski definition) is 2. The summed E-state index contributed by atoms with van der Waals surface area (Å²) in [4.78, 5) is 15.6. The van der Waals surface area contributed by atoms with Gasteiger partial charge < -0.3 is 0 Å². The van der Waals surface area contributed by atoms with Gasteiger partial charge in [0.05, 0.1) is 5.56 Å². The molecule has 1 aromatic heterocycles. The van der Waals surface area contributed by atoms with Crippen molar-refractivity contribution < 1.29 is 18.0 Å². The van der Waals surface area contributed by atoms with Crippen LogP contribution >= 0.6 is 11.6 Å². The number of nitrogens with zero attached hydrogens (tertiary/aromatic N) is 1. The Morgan fingerprint density at radius 1 is 1.10 bits per heavy atom. The molecule has 0 saturated heterocycles. The lowest BCUT2D eigenvalue weighted by Gasteiger charge is -2.10. The van der Waals surface area contributed by atoms with Crippen molar-refractivity contribution in [3.05, 3.63) is 63.4 Å². The summed E-state index contributed by atoms with van der Waals surface area (Å²) in [6.07, 6.45) is -4.59. The highest BCUT2D eigenvalue weighted by Crippen LogP contribution is 2.30. The van der Waals surface area contributed by atoms with Gasteiger partial charge in [-0.2, -0.15) is 13.2 Å². The first-order valence-corrected chi connectivity index (χ1v) is 6.43. The third-order valence-electron chi connectivity index (χ3n) is 3.01. The number of carbonyl (C=O) groups excluding carboxylic acids is 1. The van der Waals surface area contributed by atoms with Crippen molar-refractivity contribution in [2.24, 2.45) is 0 Å². The maximum Gasteiger partial charge on any atom is 0.433 e. The van der Waals surface area contributed by atoms with Crippen molar-refractivity contribution in [1.82, 2.24) is 4.98 Å². The molecule has 2 rings (SSSR count). The second-order valence-corrected chi connectivity index (χ2v) is 5.04. The number of rotatable bonds is 2. The van der Waals surface area contributed by atoms with Gasteiger partial charge in [0.2, 0.25) is 0 Å². The average Bonchev–Trinajstić information content (AvgIpc) is 2.36. The van der Waals surface area contributed by atoms with Gasteiger partial charge in [-0.05, 0) is 31.5 Å². The molecule has 0 aliphatic rings. The Balaban J connectivity index is 2.45. The molecule has 0 unspecified atom stereocenters. The molecule has 2 aromatic rings. The van der Waals surface area contributed by atoms with Crippen LogP contribution in [-0.2, 0) is 6.18 Å². The highest BCUT2D eigenvalue weighted by Gasteiger charge is 2.33. The normalized spacial score (nSPS) is 11.5. The highest BCUT2D eigenvalue weighted by atomic mass is 35.5. The Morgan fingerprint density at radius 3 is 2.24 bits per heavy atom. The van der Waals surface area contributed by atoms with Gasteiger partial charge >= 0.3 is 6.18 Å². The Labute approximate surface area is 124 Å². The summed E-state index contributed by atoms with van der Waals surface area (Å²) in [6, 6.07) is 7.01. The molecule has 0 bridgehead atoms. The molecule has 0 amide bonds. The topological polar surface area (TPSA) is 30.0 Å². The third kappa shape index (κ3) is 3.24. The van der Waals surface area contributed by atoms with E-state index in [2.05, 4.69) is 4.98 Å². The monoisotopic (exact) mass is 313 g/mol. The van der Waals surface area contributed by atoms with Gasteiger partial charge in [-0.1, -0.05) is 35.4 Å². The number of benzene rings is 1. The maximum atomic E-state index is 12.5. The Hall–Kier alpha value is -1.88. The molecular formula is C15H11ClF3NO. The Kier molecular flexibility index (Phi) is 4.05. The van der Waals surface area contributed by atoms with E-state index in [1.165, 1.54) is 0 Å². The number of alkyl halides is 3. The zero-order valence-corrected chi connectivity index (χ0v) is 12.0. The van der Waals surface area contributed by atoms with E-state index in [1.807, 2.05) is 13.0 Å². The third-order valence-corrected chi connectivity index (χ3v) is 3.30. The van der Waals surface area contributed by atoms with Crippen LogP contribution in [0.1, 0.15) is 32.7 Å². The van der Waals surface area contributed by atoms with Crippen LogP contribution in [0.2, 0.25) is 5.15 Å². The zero-order chi connectivity index (χ0) is 15.8. The van der Waals surface area contributed by atoms with Crippen molar-refractivity contribution >= 4 is 17.4 Å². The molecule has 0 spiro atoms. The first-order chi connectivity index (χ1) is 9.70. The number of ketones is 1. The van der Waals surface area contributed by atoms with Crippen molar-refractivity contribution in [2.75, 3.05) is 0 Å². The van der Waals surface area contributed by atoms with Crippen LogP contribution < -0.4 is 0 Å². The van der Waals surface area contributed by atoms with Gasteiger partial charge in [-0.25, -0.2) is 4.98 Å². The van der Waals surface area contributed by atoms with Gasteiger partial charge in [0.25, 0.3) is 0 Å². The van der Waals surface area contributed by atoms with Crippen molar-refractivity contribution in [3.63, 3.8) is 0 Å². The van der Waals surface area contributed by atoms with E-state index in [0.717, 1.165) is 23.3 Å². The fourth-order valence-electron chi connectivity index (χ4n) is 1.97. The van der Waals surface area contributed by atoms with Crippen LogP contribution in [-0.4, -0.2) is 10.8 Å². The molecule has 0 aliphatic heterocycles. The van der Waals surface area contributed by atoms with E-state index in [0.29, 0.717) is 5.56 Å². The van der Waals surface area contributed by atoms with Crippen LogP contribution in [0.4, 0.5) is 13.2 Å². The predicted molar refractivity (Wildman–Crippen MR) is 73.6 cm³/mol. The Bertz CT molecular complexity index is 711. The van der Waals surface area contributed by atoms with Crippen molar-refractivity contribution in [1.29, 1.82) is 0 Å². The number of aromatic nitrogens is 1. The summed E-state index contributed by atoms with van der Waals surface area (Å²) in [5, 5.41) is -0.449. The number of halogens is 4. The summed E-state index contributed by atoms with van der Waals surface area (Å²) < 4.78 is 37.6. The number of carbonyl (C=O) groups is 1. The summed E-state index contributed by atoms with van der Waals surface area (Å²) in [5.74, 6) is -0.446. The first kappa shape index (κ1) is 15.5. The van der Waals surface area contributed by atoms with Crippen LogP contribution in [0.3, 0.4) is 0 Å². The molecule has 0 radical (unpaired) electrons. The number of pyridine rings is 1. The lowest BCUT2D eigenvalue weighted by Crippen LogP contribution is -2.11. The average molecular weight is 314 g/mol. The fraction of sp³-hybridized carbons (Fsp3) is 0.200. The minimum Gasteiger partial charge on any atom is -0.288 e. The molecule has 110 valence electrons. The summed E-state index contributed by atoms with van der Waals surface area (Å²) in [7, 11) is 0. The minimum absolute atomic E-state index is 0.0448. The van der Waals surface area contributed by atoms with E-state index >= 15 is 0 Å². The molecule has 0 N–H and O–H groups in total. The lowest BCUT2D eigenvalue weighted by atomic mass is 9.98. The second-order valence-electron chi connectivity index (χ2n) is 4.68. The summed E-state index contributed by atoms with van der Waals surface area (Å²) >= 11 is 5.73. The van der Waals surface area contributed by atoms with Gasteiger partial charge in [0, 0.05) is 5.56 Å². The molecular weight excluding hydrogens is 303 g/mol. The van der Waals surface area contributed by atoms with Gasteiger partial charge in [-0.3, -0.25) is 4.79 Å². The lowest BCUT2D eigenvalue weighted by molar-refractivity contribution is -0.141. The molecule has 6 heteroatoms. The van der Waals surface area contributed by atoms with Crippen LogP contribution in [0.25, 0.3) is 0 Å². The van der Waals surface area contributed by atoms with E-state index in [9.17, 15) is 18.0 Å². The quantitative estimate of drug-likeness (QED) is 0.599.